The maximum Gasteiger partial charge on any atom is 0.181 e. The van der Waals surface area contributed by atoms with Crippen LogP contribution in [0.4, 0.5) is 0 Å². The SMILES string of the molecule is C#CC(N)C(O)OC(C)C. The first-order valence-corrected chi connectivity index (χ1v) is 3.13. The van der Waals surface area contributed by atoms with Crippen molar-refractivity contribution in [2.24, 2.45) is 5.73 Å². The van der Waals surface area contributed by atoms with Crippen LogP contribution in [0.25, 0.3) is 0 Å². The molecule has 58 valence electrons. The fourth-order valence-electron chi connectivity index (χ4n) is 0.446. The van der Waals surface area contributed by atoms with Gasteiger partial charge in [0.25, 0.3) is 0 Å². The normalized spacial score (nSPS) is 16.4. The van der Waals surface area contributed by atoms with Crippen LogP contribution in [0.1, 0.15) is 13.8 Å². The van der Waals surface area contributed by atoms with Gasteiger partial charge in [0.1, 0.15) is 6.04 Å². The van der Waals surface area contributed by atoms with Crippen molar-refractivity contribution in [2.75, 3.05) is 0 Å². The van der Waals surface area contributed by atoms with E-state index in [0.717, 1.165) is 0 Å². The number of hydrogen-bond acceptors (Lipinski definition) is 3. The van der Waals surface area contributed by atoms with Crippen LogP contribution in [-0.4, -0.2) is 23.5 Å². The second-order valence-electron chi connectivity index (χ2n) is 2.27. The molecule has 0 heterocycles. The van der Waals surface area contributed by atoms with Crippen molar-refractivity contribution in [1.29, 1.82) is 0 Å². The number of terminal acetylenes is 1. The first kappa shape index (κ1) is 9.44. The summed E-state index contributed by atoms with van der Waals surface area (Å²) in [6.07, 6.45) is 3.82. The third-order valence-corrected chi connectivity index (χ3v) is 0.911. The molecule has 0 saturated carbocycles. The first-order valence-electron chi connectivity index (χ1n) is 3.13. The van der Waals surface area contributed by atoms with Gasteiger partial charge in [-0.3, -0.25) is 0 Å². The molecule has 0 spiro atoms. The Bertz CT molecular complexity index is 128. The molecule has 0 aromatic rings. The number of aliphatic hydroxyl groups excluding tert-OH is 1. The van der Waals surface area contributed by atoms with Crippen LogP contribution in [0.2, 0.25) is 0 Å². The summed E-state index contributed by atoms with van der Waals surface area (Å²) in [5.41, 5.74) is 5.25. The maximum atomic E-state index is 9.00. The van der Waals surface area contributed by atoms with Gasteiger partial charge < -0.3 is 15.6 Å². The van der Waals surface area contributed by atoms with Crippen molar-refractivity contribution in [1.82, 2.24) is 0 Å². The number of rotatable bonds is 3. The van der Waals surface area contributed by atoms with Crippen molar-refractivity contribution in [3.8, 4) is 12.3 Å². The van der Waals surface area contributed by atoms with E-state index in [1.165, 1.54) is 0 Å². The highest BCUT2D eigenvalue weighted by Gasteiger charge is 2.12. The fraction of sp³-hybridized carbons (Fsp3) is 0.714. The molecule has 2 atom stereocenters. The van der Waals surface area contributed by atoms with Crippen LogP contribution in [0.5, 0.6) is 0 Å². The Morgan fingerprint density at radius 2 is 2.10 bits per heavy atom. The predicted molar refractivity (Wildman–Crippen MR) is 39.0 cm³/mol. The van der Waals surface area contributed by atoms with Gasteiger partial charge in [0, 0.05) is 0 Å². The summed E-state index contributed by atoms with van der Waals surface area (Å²) in [6, 6.07) is -0.734. The van der Waals surface area contributed by atoms with E-state index < -0.39 is 12.3 Å². The Hall–Kier alpha value is -0.560. The Balaban J connectivity index is 3.64. The van der Waals surface area contributed by atoms with E-state index in [0.29, 0.717) is 0 Å². The summed E-state index contributed by atoms with van der Waals surface area (Å²) in [5, 5.41) is 9.00. The molecule has 2 unspecified atom stereocenters. The molecule has 0 radical (unpaired) electrons. The van der Waals surface area contributed by atoms with Gasteiger partial charge in [-0.2, -0.15) is 0 Å². The predicted octanol–water partition coefficient (Wildman–Crippen LogP) is -0.310. The molecule has 3 N–H and O–H groups in total. The lowest BCUT2D eigenvalue weighted by molar-refractivity contribution is -0.128. The van der Waals surface area contributed by atoms with E-state index in [1.54, 1.807) is 13.8 Å². The molecule has 0 aromatic heterocycles. The highest BCUT2D eigenvalue weighted by molar-refractivity contribution is 4.98. The van der Waals surface area contributed by atoms with Gasteiger partial charge in [-0.1, -0.05) is 5.92 Å². The summed E-state index contributed by atoms with van der Waals surface area (Å²) >= 11 is 0. The van der Waals surface area contributed by atoms with Crippen LogP contribution in [-0.2, 0) is 4.74 Å². The zero-order valence-corrected chi connectivity index (χ0v) is 6.24. The Morgan fingerprint density at radius 3 is 2.40 bits per heavy atom. The fourth-order valence-corrected chi connectivity index (χ4v) is 0.446. The molecule has 0 aliphatic heterocycles. The molecule has 0 fully saturated rings. The number of ether oxygens (including phenoxy) is 1. The Labute approximate surface area is 61.2 Å². The maximum absolute atomic E-state index is 9.00. The van der Waals surface area contributed by atoms with Gasteiger partial charge in [-0.25, -0.2) is 0 Å². The lowest BCUT2D eigenvalue weighted by Gasteiger charge is -2.16. The second kappa shape index (κ2) is 4.29. The number of aliphatic hydroxyl groups is 1. The van der Waals surface area contributed by atoms with Gasteiger partial charge in [0.2, 0.25) is 0 Å². The van der Waals surface area contributed by atoms with Crippen LogP contribution in [0.15, 0.2) is 0 Å². The molecular weight excluding hydrogens is 130 g/mol. The van der Waals surface area contributed by atoms with E-state index in [4.69, 9.17) is 22.0 Å². The van der Waals surface area contributed by atoms with E-state index >= 15 is 0 Å². The molecule has 0 aliphatic rings. The van der Waals surface area contributed by atoms with Crippen molar-refractivity contribution >= 4 is 0 Å². The first-order chi connectivity index (χ1) is 4.57. The molecule has 0 amide bonds. The average Bonchev–Trinajstić information content (AvgIpc) is 1.85. The van der Waals surface area contributed by atoms with Gasteiger partial charge in [-0.05, 0) is 13.8 Å². The highest BCUT2D eigenvalue weighted by atomic mass is 16.6. The average molecular weight is 143 g/mol. The standard InChI is InChI=1S/C7H13NO2/c1-4-6(8)7(9)10-5(2)3/h1,5-7,9H,8H2,2-3H3. The largest absolute Gasteiger partial charge is 0.366 e. The molecule has 0 aliphatic carbocycles. The Kier molecular flexibility index (Phi) is 4.05. The minimum absolute atomic E-state index is 0.0607. The van der Waals surface area contributed by atoms with E-state index in [1.807, 2.05) is 0 Å². The van der Waals surface area contributed by atoms with Crippen molar-refractivity contribution in [3.05, 3.63) is 0 Å². The summed E-state index contributed by atoms with van der Waals surface area (Å²) in [6.45, 7) is 3.60. The minimum Gasteiger partial charge on any atom is -0.366 e. The molecule has 0 aromatic carbocycles. The zero-order chi connectivity index (χ0) is 8.15. The summed E-state index contributed by atoms with van der Waals surface area (Å²) in [4.78, 5) is 0. The van der Waals surface area contributed by atoms with Gasteiger partial charge in [0.05, 0.1) is 6.10 Å². The number of hydrogen-bond donors (Lipinski definition) is 2. The summed E-state index contributed by atoms with van der Waals surface area (Å²) in [5.74, 6) is 2.17. The molecule has 0 bridgehead atoms. The lowest BCUT2D eigenvalue weighted by atomic mass is 10.3. The quantitative estimate of drug-likeness (QED) is 0.421. The lowest BCUT2D eigenvalue weighted by Crippen LogP contribution is -2.36. The van der Waals surface area contributed by atoms with E-state index in [-0.39, 0.29) is 6.10 Å². The molecule has 3 nitrogen and oxygen atoms in total. The summed E-state index contributed by atoms with van der Waals surface area (Å²) < 4.78 is 4.89. The van der Waals surface area contributed by atoms with E-state index in [2.05, 4.69) is 5.92 Å². The van der Waals surface area contributed by atoms with Crippen LogP contribution < -0.4 is 5.73 Å². The Morgan fingerprint density at radius 1 is 1.60 bits per heavy atom. The topological polar surface area (TPSA) is 55.5 Å². The van der Waals surface area contributed by atoms with E-state index in [9.17, 15) is 0 Å². The van der Waals surface area contributed by atoms with Gasteiger partial charge >= 0.3 is 0 Å². The van der Waals surface area contributed by atoms with Gasteiger partial charge in [0.15, 0.2) is 6.29 Å². The molecular formula is C7H13NO2. The molecule has 0 saturated heterocycles. The third kappa shape index (κ3) is 3.46. The van der Waals surface area contributed by atoms with Crippen molar-refractivity contribution < 1.29 is 9.84 Å². The highest BCUT2D eigenvalue weighted by Crippen LogP contribution is 1.96. The molecule has 0 rings (SSSR count). The van der Waals surface area contributed by atoms with Crippen LogP contribution in [0.3, 0.4) is 0 Å². The van der Waals surface area contributed by atoms with Gasteiger partial charge in [-0.15, -0.1) is 6.42 Å². The molecule has 10 heavy (non-hydrogen) atoms. The third-order valence-electron chi connectivity index (χ3n) is 0.911. The summed E-state index contributed by atoms with van der Waals surface area (Å²) in [7, 11) is 0. The van der Waals surface area contributed by atoms with Crippen molar-refractivity contribution in [3.63, 3.8) is 0 Å². The zero-order valence-electron chi connectivity index (χ0n) is 6.24. The number of nitrogens with two attached hydrogens (primary N) is 1. The molecule has 3 heteroatoms. The van der Waals surface area contributed by atoms with Crippen LogP contribution >= 0.6 is 0 Å². The second-order valence-corrected chi connectivity index (χ2v) is 2.27. The van der Waals surface area contributed by atoms with Crippen molar-refractivity contribution in [2.45, 2.75) is 32.3 Å². The van der Waals surface area contributed by atoms with Crippen LogP contribution in [0, 0.1) is 12.3 Å². The smallest absolute Gasteiger partial charge is 0.181 e. The monoisotopic (exact) mass is 143 g/mol. The minimum atomic E-state index is -1.05.